The van der Waals surface area contributed by atoms with Crippen molar-refractivity contribution in [3.05, 3.63) is 0 Å². The molecule has 0 aromatic heterocycles. The van der Waals surface area contributed by atoms with Crippen molar-refractivity contribution < 1.29 is 23.8 Å². The number of hydrogen-bond acceptors (Lipinski definition) is 2. The maximum absolute atomic E-state index is 12.8. The predicted octanol–water partition coefficient (Wildman–Crippen LogP) is 2.04. The number of carbonyl (C=O) groups is 1. The van der Waals surface area contributed by atoms with Crippen LogP contribution in [0.25, 0.3) is 0 Å². The fourth-order valence-corrected chi connectivity index (χ4v) is 1.95. The largest absolute Gasteiger partial charge is 0.479 e. The van der Waals surface area contributed by atoms with Crippen LogP contribution in [0.15, 0.2) is 0 Å². The summed E-state index contributed by atoms with van der Waals surface area (Å²) in [4.78, 5) is 10.6. The highest BCUT2D eigenvalue weighted by Gasteiger charge is 2.39. The van der Waals surface area contributed by atoms with E-state index in [0.717, 1.165) is 0 Å². The second kappa shape index (κ2) is 4.04. The molecule has 1 saturated carbocycles. The van der Waals surface area contributed by atoms with Crippen molar-refractivity contribution >= 4 is 5.97 Å². The van der Waals surface area contributed by atoms with Gasteiger partial charge < -0.3 is 10.2 Å². The standard InChI is InChI=1S/C10H16F2O3/c1-9(15,8(13)14)6-7-2-4-10(11,12)5-3-7/h7,15H,2-6H2,1H3,(H,13,14). The normalized spacial score (nSPS) is 25.9. The molecule has 0 aromatic rings. The highest BCUT2D eigenvalue weighted by atomic mass is 19.3. The van der Waals surface area contributed by atoms with Gasteiger partial charge >= 0.3 is 5.97 Å². The molecular formula is C10H16F2O3. The maximum atomic E-state index is 12.8. The number of hydrogen-bond donors (Lipinski definition) is 2. The fourth-order valence-electron chi connectivity index (χ4n) is 1.95. The summed E-state index contributed by atoms with van der Waals surface area (Å²) in [5.74, 6) is -4.01. The molecule has 0 amide bonds. The lowest BCUT2D eigenvalue weighted by Crippen LogP contribution is -2.38. The molecule has 0 aromatic carbocycles. The Labute approximate surface area is 87.1 Å². The van der Waals surface area contributed by atoms with Crippen LogP contribution in [0.3, 0.4) is 0 Å². The van der Waals surface area contributed by atoms with Gasteiger partial charge in [0.15, 0.2) is 5.60 Å². The van der Waals surface area contributed by atoms with Crippen LogP contribution in [0.1, 0.15) is 39.0 Å². The molecule has 88 valence electrons. The Morgan fingerprint density at radius 1 is 1.47 bits per heavy atom. The van der Waals surface area contributed by atoms with Gasteiger partial charge in [-0.3, -0.25) is 0 Å². The zero-order valence-corrected chi connectivity index (χ0v) is 8.67. The summed E-state index contributed by atoms with van der Waals surface area (Å²) in [7, 11) is 0. The van der Waals surface area contributed by atoms with E-state index >= 15 is 0 Å². The molecular weight excluding hydrogens is 206 g/mol. The maximum Gasteiger partial charge on any atom is 0.335 e. The zero-order chi connectivity index (χ0) is 11.7. The van der Waals surface area contributed by atoms with Gasteiger partial charge in [0, 0.05) is 12.8 Å². The lowest BCUT2D eigenvalue weighted by molar-refractivity contribution is -0.159. The number of carboxylic acids is 1. The van der Waals surface area contributed by atoms with Crippen LogP contribution in [0.5, 0.6) is 0 Å². The first-order chi connectivity index (χ1) is 6.73. The molecule has 1 atom stereocenters. The Morgan fingerprint density at radius 2 is 1.93 bits per heavy atom. The lowest BCUT2D eigenvalue weighted by Gasteiger charge is -2.31. The van der Waals surface area contributed by atoms with Gasteiger partial charge in [0.05, 0.1) is 0 Å². The molecule has 0 aliphatic heterocycles. The molecule has 0 saturated heterocycles. The number of alkyl halides is 2. The average molecular weight is 222 g/mol. The van der Waals surface area contributed by atoms with Crippen LogP contribution >= 0.6 is 0 Å². The van der Waals surface area contributed by atoms with E-state index in [1.807, 2.05) is 0 Å². The Kier molecular flexibility index (Phi) is 3.33. The second-order valence-corrected chi connectivity index (χ2v) is 4.58. The van der Waals surface area contributed by atoms with Gasteiger partial charge in [-0.1, -0.05) is 0 Å². The molecule has 2 N–H and O–H groups in total. The Morgan fingerprint density at radius 3 is 2.33 bits per heavy atom. The third-order valence-corrected chi connectivity index (χ3v) is 2.98. The molecule has 15 heavy (non-hydrogen) atoms. The predicted molar refractivity (Wildman–Crippen MR) is 49.8 cm³/mol. The van der Waals surface area contributed by atoms with Crippen LogP contribution in [0.4, 0.5) is 8.78 Å². The molecule has 1 fully saturated rings. The van der Waals surface area contributed by atoms with Gasteiger partial charge in [0.1, 0.15) is 0 Å². The third kappa shape index (κ3) is 3.41. The topological polar surface area (TPSA) is 57.5 Å². The molecule has 0 heterocycles. The highest BCUT2D eigenvalue weighted by Crippen LogP contribution is 2.39. The molecule has 0 bridgehead atoms. The van der Waals surface area contributed by atoms with Gasteiger partial charge in [-0.25, -0.2) is 13.6 Å². The number of aliphatic carboxylic acids is 1. The van der Waals surface area contributed by atoms with Crippen molar-refractivity contribution in [1.82, 2.24) is 0 Å². The molecule has 0 radical (unpaired) electrons. The van der Waals surface area contributed by atoms with Gasteiger partial charge in [0.2, 0.25) is 5.92 Å². The lowest BCUT2D eigenvalue weighted by atomic mass is 9.80. The summed E-state index contributed by atoms with van der Waals surface area (Å²) in [6.45, 7) is 1.21. The summed E-state index contributed by atoms with van der Waals surface area (Å²) in [6.07, 6.45) is 0.228. The Hall–Kier alpha value is -0.710. The van der Waals surface area contributed by atoms with E-state index < -0.39 is 17.5 Å². The Bertz CT molecular complexity index is 241. The summed E-state index contributed by atoms with van der Waals surface area (Å²) in [5, 5.41) is 18.2. The zero-order valence-electron chi connectivity index (χ0n) is 8.67. The van der Waals surface area contributed by atoms with E-state index in [4.69, 9.17) is 5.11 Å². The quantitative estimate of drug-likeness (QED) is 0.768. The highest BCUT2D eigenvalue weighted by molar-refractivity contribution is 5.76. The minimum atomic E-state index is -2.61. The van der Waals surface area contributed by atoms with Crippen molar-refractivity contribution in [2.24, 2.45) is 5.92 Å². The first kappa shape index (κ1) is 12.4. The minimum absolute atomic E-state index is 0.0540. The molecule has 5 heteroatoms. The van der Waals surface area contributed by atoms with Crippen LogP contribution in [0, 0.1) is 5.92 Å². The van der Waals surface area contributed by atoms with Gasteiger partial charge in [-0.05, 0) is 32.1 Å². The smallest absolute Gasteiger partial charge is 0.335 e. The SMILES string of the molecule is CC(O)(CC1CCC(F)(F)CC1)C(=O)O. The van der Waals surface area contributed by atoms with Crippen LogP contribution < -0.4 is 0 Å². The van der Waals surface area contributed by atoms with Crippen molar-refractivity contribution in [3.8, 4) is 0 Å². The summed E-state index contributed by atoms with van der Waals surface area (Å²) in [6, 6.07) is 0. The molecule has 1 unspecified atom stereocenters. The van der Waals surface area contributed by atoms with E-state index in [9.17, 15) is 18.7 Å². The summed E-state index contributed by atoms with van der Waals surface area (Å²) in [5.41, 5.74) is -1.79. The second-order valence-electron chi connectivity index (χ2n) is 4.58. The first-order valence-corrected chi connectivity index (χ1v) is 5.06. The molecule has 3 nitrogen and oxygen atoms in total. The number of aliphatic hydroxyl groups is 1. The van der Waals surface area contributed by atoms with Crippen LogP contribution in [0.2, 0.25) is 0 Å². The summed E-state index contributed by atoms with van der Waals surface area (Å²) < 4.78 is 25.6. The number of rotatable bonds is 3. The number of carboxylic acid groups (broad SMARTS) is 1. The van der Waals surface area contributed by atoms with Gasteiger partial charge in [-0.15, -0.1) is 0 Å². The average Bonchev–Trinajstić information content (AvgIpc) is 2.08. The molecule has 0 spiro atoms. The molecule has 1 aliphatic carbocycles. The van der Waals surface area contributed by atoms with Crippen molar-refractivity contribution in [1.29, 1.82) is 0 Å². The monoisotopic (exact) mass is 222 g/mol. The van der Waals surface area contributed by atoms with Crippen LogP contribution in [-0.4, -0.2) is 27.7 Å². The van der Waals surface area contributed by atoms with Crippen molar-refractivity contribution in [2.75, 3.05) is 0 Å². The van der Waals surface area contributed by atoms with Crippen molar-refractivity contribution in [2.45, 2.75) is 50.6 Å². The summed E-state index contributed by atoms with van der Waals surface area (Å²) >= 11 is 0. The fraction of sp³-hybridized carbons (Fsp3) is 0.900. The van der Waals surface area contributed by atoms with E-state index in [0.29, 0.717) is 0 Å². The van der Waals surface area contributed by atoms with Gasteiger partial charge in [-0.2, -0.15) is 0 Å². The number of halogens is 2. The molecule has 1 rings (SSSR count). The van der Waals surface area contributed by atoms with Gasteiger partial charge in [0.25, 0.3) is 0 Å². The van der Waals surface area contributed by atoms with Crippen LogP contribution in [-0.2, 0) is 4.79 Å². The first-order valence-electron chi connectivity index (χ1n) is 5.06. The molecule has 1 aliphatic rings. The Balaban J connectivity index is 2.46. The van der Waals surface area contributed by atoms with Crippen molar-refractivity contribution in [3.63, 3.8) is 0 Å². The van der Waals surface area contributed by atoms with E-state index in [1.54, 1.807) is 0 Å². The van der Waals surface area contributed by atoms with E-state index in [2.05, 4.69) is 0 Å². The van der Waals surface area contributed by atoms with E-state index in [-0.39, 0.29) is 38.0 Å². The minimum Gasteiger partial charge on any atom is -0.479 e. The van der Waals surface area contributed by atoms with E-state index in [1.165, 1.54) is 6.92 Å². The third-order valence-electron chi connectivity index (χ3n) is 2.98.